The number of esters is 1. The molecule has 0 spiro atoms. The molecular formula is C17H17F3N4O2. The highest BCUT2D eigenvalue weighted by Gasteiger charge is 2.71. The smallest absolute Gasteiger partial charge is 0.341 e. The molecule has 2 aromatic rings. The van der Waals surface area contributed by atoms with E-state index in [9.17, 15) is 18.0 Å². The summed E-state index contributed by atoms with van der Waals surface area (Å²) in [5.41, 5.74) is 0.580. The molecule has 1 saturated carbocycles. The first-order valence-corrected chi connectivity index (χ1v) is 8.38. The van der Waals surface area contributed by atoms with Crippen molar-refractivity contribution in [1.29, 1.82) is 0 Å². The van der Waals surface area contributed by atoms with E-state index in [4.69, 9.17) is 4.74 Å². The molecule has 9 heteroatoms. The third-order valence-electron chi connectivity index (χ3n) is 4.91. The Balaban J connectivity index is 1.43. The van der Waals surface area contributed by atoms with Crippen molar-refractivity contribution in [2.75, 3.05) is 24.6 Å². The van der Waals surface area contributed by atoms with E-state index in [0.29, 0.717) is 11.4 Å². The average Bonchev–Trinajstić information content (AvgIpc) is 3.05. The summed E-state index contributed by atoms with van der Waals surface area (Å²) in [5.74, 6) is -4.66. The normalized spacial score (nSPS) is 23.0. The lowest BCUT2D eigenvalue weighted by molar-refractivity contribution is 0.0526. The van der Waals surface area contributed by atoms with Crippen LogP contribution in [-0.2, 0) is 11.3 Å². The monoisotopic (exact) mass is 366 g/mol. The van der Waals surface area contributed by atoms with Crippen molar-refractivity contribution >= 4 is 11.8 Å². The van der Waals surface area contributed by atoms with Gasteiger partial charge in [0.15, 0.2) is 0 Å². The maximum absolute atomic E-state index is 14.3. The van der Waals surface area contributed by atoms with Crippen molar-refractivity contribution in [2.24, 2.45) is 11.8 Å². The zero-order valence-electron chi connectivity index (χ0n) is 14.0. The molecule has 2 aliphatic rings. The van der Waals surface area contributed by atoms with Crippen LogP contribution in [-0.4, -0.2) is 46.4 Å². The van der Waals surface area contributed by atoms with Crippen LogP contribution in [0.4, 0.5) is 19.0 Å². The third-order valence-corrected chi connectivity index (χ3v) is 4.91. The Kier molecular flexibility index (Phi) is 3.89. The topological polar surface area (TPSA) is 60.2 Å². The van der Waals surface area contributed by atoms with Crippen LogP contribution in [0.2, 0.25) is 0 Å². The summed E-state index contributed by atoms with van der Waals surface area (Å²) < 4.78 is 47.1. The minimum atomic E-state index is -2.58. The molecule has 0 aromatic carbocycles. The molecule has 0 amide bonds. The average molecular weight is 366 g/mol. The second-order valence-corrected chi connectivity index (χ2v) is 6.56. The van der Waals surface area contributed by atoms with E-state index < -0.39 is 29.7 Å². The number of alkyl halides is 2. The largest absolute Gasteiger partial charge is 0.462 e. The van der Waals surface area contributed by atoms with Crippen LogP contribution < -0.4 is 4.90 Å². The number of fused-ring (bicyclic) bond motifs is 1. The van der Waals surface area contributed by atoms with Crippen LogP contribution in [0.25, 0.3) is 0 Å². The number of halogens is 3. The van der Waals surface area contributed by atoms with E-state index in [1.807, 2.05) is 0 Å². The summed E-state index contributed by atoms with van der Waals surface area (Å²) in [4.78, 5) is 17.2. The van der Waals surface area contributed by atoms with Gasteiger partial charge in [-0.2, -0.15) is 9.49 Å². The van der Waals surface area contributed by atoms with Crippen LogP contribution in [0.5, 0.6) is 0 Å². The lowest BCUT2D eigenvalue weighted by atomic mass is 10.2. The van der Waals surface area contributed by atoms with E-state index in [0.717, 1.165) is 0 Å². The fourth-order valence-corrected chi connectivity index (χ4v) is 3.39. The summed E-state index contributed by atoms with van der Waals surface area (Å²) >= 11 is 0. The molecule has 4 rings (SSSR count). The van der Waals surface area contributed by atoms with Gasteiger partial charge in [-0.15, -0.1) is 0 Å². The fraction of sp³-hybridized carbons (Fsp3) is 0.471. The van der Waals surface area contributed by atoms with Gasteiger partial charge in [-0.3, -0.25) is 4.68 Å². The van der Waals surface area contributed by atoms with Crippen molar-refractivity contribution in [3.63, 3.8) is 0 Å². The Morgan fingerprint density at radius 2 is 2.08 bits per heavy atom. The lowest BCUT2D eigenvalue weighted by Crippen LogP contribution is -2.28. The van der Waals surface area contributed by atoms with E-state index in [2.05, 4.69) is 10.1 Å². The van der Waals surface area contributed by atoms with Gasteiger partial charge in [0.05, 0.1) is 36.7 Å². The molecule has 3 heterocycles. The molecule has 26 heavy (non-hydrogen) atoms. The second-order valence-electron chi connectivity index (χ2n) is 6.56. The van der Waals surface area contributed by atoms with Crippen LogP contribution >= 0.6 is 0 Å². The molecule has 2 fully saturated rings. The van der Waals surface area contributed by atoms with Gasteiger partial charge in [-0.1, -0.05) is 0 Å². The predicted molar refractivity (Wildman–Crippen MR) is 85.6 cm³/mol. The number of aromatic nitrogens is 3. The molecule has 1 aliphatic carbocycles. The molecule has 1 saturated heterocycles. The number of carbonyl (C=O) groups excluding carboxylic acids is 1. The van der Waals surface area contributed by atoms with Crippen LogP contribution in [0.3, 0.4) is 0 Å². The van der Waals surface area contributed by atoms with E-state index >= 15 is 0 Å². The first-order chi connectivity index (χ1) is 12.4. The molecule has 0 N–H and O–H groups in total. The molecule has 2 aromatic heterocycles. The van der Waals surface area contributed by atoms with Crippen LogP contribution in [0.15, 0.2) is 24.5 Å². The van der Waals surface area contributed by atoms with Gasteiger partial charge in [-0.25, -0.2) is 18.6 Å². The molecule has 1 aliphatic heterocycles. The van der Waals surface area contributed by atoms with E-state index in [1.54, 1.807) is 24.0 Å². The number of nitrogens with zero attached hydrogens (tertiary/aromatic N) is 4. The molecule has 0 radical (unpaired) electrons. The van der Waals surface area contributed by atoms with Gasteiger partial charge in [0.25, 0.3) is 5.92 Å². The Bertz CT molecular complexity index is 840. The number of hydrogen-bond donors (Lipinski definition) is 0. The maximum Gasteiger partial charge on any atom is 0.341 e. The minimum absolute atomic E-state index is 0.0990. The molecular weight excluding hydrogens is 349 g/mol. The molecule has 2 atom stereocenters. The highest BCUT2D eigenvalue weighted by Crippen LogP contribution is 2.59. The number of carbonyl (C=O) groups is 1. The van der Waals surface area contributed by atoms with Crippen molar-refractivity contribution in [1.82, 2.24) is 14.8 Å². The number of pyridine rings is 1. The highest BCUT2D eigenvalue weighted by atomic mass is 19.3. The quantitative estimate of drug-likeness (QED) is 0.601. The van der Waals surface area contributed by atoms with Gasteiger partial charge in [0, 0.05) is 24.8 Å². The summed E-state index contributed by atoms with van der Waals surface area (Å²) in [7, 11) is 0. The fourth-order valence-electron chi connectivity index (χ4n) is 3.39. The number of piperidine rings is 1. The Labute approximate surface area is 147 Å². The SMILES string of the molecule is CCOC(=O)c1cnn(Cc2ccc(N3CC4C(C3)C4(F)F)nc2F)c1. The van der Waals surface area contributed by atoms with E-state index in [1.165, 1.54) is 17.1 Å². The molecule has 138 valence electrons. The van der Waals surface area contributed by atoms with Crippen molar-refractivity contribution < 1.29 is 22.7 Å². The van der Waals surface area contributed by atoms with Crippen LogP contribution in [0, 0.1) is 17.8 Å². The number of ether oxygens (including phenoxy) is 1. The predicted octanol–water partition coefficient (Wildman–Crippen LogP) is 2.34. The van der Waals surface area contributed by atoms with Gasteiger partial charge < -0.3 is 9.64 Å². The summed E-state index contributed by atoms with van der Waals surface area (Å²) in [6.45, 7) is 2.46. The molecule has 6 nitrogen and oxygen atoms in total. The van der Waals surface area contributed by atoms with Crippen molar-refractivity contribution in [3.8, 4) is 0 Å². The number of rotatable bonds is 5. The first-order valence-electron chi connectivity index (χ1n) is 8.38. The minimum Gasteiger partial charge on any atom is -0.462 e. The van der Waals surface area contributed by atoms with Gasteiger partial charge in [0.2, 0.25) is 5.95 Å². The van der Waals surface area contributed by atoms with Crippen LogP contribution in [0.1, 0.15) is 22.8 Å². The van der Waals surface area contributed by atoms with Gasteiger partial charge in [0.1, 0.15) is 5.82 Å². The van der Waals surface area contributed by atoms with Gasteiger partial charge >= 0.3 is 5.97 Å². The van der Waals surface area contributed by atoms with Gasteiger partial charge in [-0.05, 0) is 19.1 Å². The Morgan fingerprint density at radius 1 is 1.35 bits per heavy atom. The summed E-state index contributed by atoms with van der Waals surface area (Å²) in [6.07, 6.45) is 2.83. The number of hydrogen-bond acceptors (Lipinski definition) is 5. The second kappa shape index (κ2) is 6.00. The maximum atomic E-state index is 14.3. The summed E-state index contributed by atoms with van der Waals surface area (Å²) in [5, 5.41) is 4.02. The van der Waals surface area contributed by atoms with Crippen molar-refractivity contribution in [3.05, 3.63) is 41.6 Å². The standard InChI is InChI=1S/C17H17F3N4O2/c1-2-26-16(25)11-5-21-24(7-11)6-10-3-4-14(22-15(10)18)23-8-12-13(9-23)17(12,19)20/h3-5,7,12-13H,2,6,8-9H2,1H3. The Hall–Kier alpha value is -2.58. The molecule has 0 bridgehead atoms. The van der Waals surface area contributed by atoms with E-state index in [-0.39, 0.29) is 31.8 Å². The zero-order valence-corrected chi connectivity index (χ0v) is 14.0. The first kappa shape index (κ1) is 16.9. The zero-order chi connectivity index (χ0) is 18.5. The third kappa shape index (κ3) is 2.81. The van der Waals surface area contributed by atoms with Crippen molar-refractivity contribution in [2.45, 2.75) is 19.4 Å². The highest BCUT2D eigenvalue weighted by molar-refractivity contribution is 5.88. The Morgan fingerprint density at radius 3 is 2.73 bits per heavy atom. The number of anilines is 1. The lowest BCUT2D eigenvalue weighted by Gasteiger charge is -2.21. The summed E-state index contributed by atoms with van der Waals surface area (Å²) in [6, 6.07) is 3.18. The molecule has 2 unspecified atom stereocenters.